The van der Waals surface area contributed by atoms with E-state index < -0.39 is 0 Å². The van der Waals surface area contributed by atoms with Crippen molar-refractivity contribution in [1.29, 1.82) is 0 Å². The predicted molar refractivity (Wildman–Crippen MR) is 97.7 cm³/mol. The number of rotatable bonds is 6. The molecule has 0 atom stereocenters. The number of pyridine rings is 1. The number of nitrogens with zero attached hydrogens (tertiary/aromatic N) is 1. The van der Waals surface area contributed by atoms with Crippen molar-refractivity contribution in [2.45, 2.75) is 13.5 Å². The second-order valence-electron chi connectivity index (χ2n) is 5.66. The van der Waals surface area contributed by atoms with Crippen LogP contribution in [0.3, 0.4) is 0 Å². The highest BCUT2D eigenvalue weighted by Gasteiger charge is 2.08. The Labute approximate surface area is 164 Å². The van der Waals surface area contributed by atoms with Gasteiger partial charge in [0.05, 0.1) is 12.3 Å². The van der Waals surface area contributed by atoms with Gasteiger partial charge in [-0.05, 0) is 31.2 Å². The molecule has 2 aromatic carbocycles. The number of carbonyl (C=O) groups excluding carboxylic acids is 1. The molecule has 0 aliphatic rings. The molecule has 0 aliphatic heterocycles. The summed E-state index contributed by atoms with van der Waals surface area (Å²) in [5.41, 5.74) is 2.60. The Morgan fingerprint density at radius 3 is 2.23 bits per heavy atom. The van der Waals surface area contributed by atoms with E-state index in [9.17, 15) is 4.79 Å². The molecular weight excluding hydrogens is 392 g/mol. The smallest absolute Gasteiger partial charge is 0.255 e. The number of ether oxygens (including phenoxy) is 1. The molecule has 5 heteroatoms. The lowest BCUT2D eigenvalue weighted by molar-refractivity contribution is -0.688. The molecule has 0 radical (unpaired) electrons. The van der Waals surface area contributed by atoms with E-state index in [2.05, 4.69) is 22.0 Å². The van der Waals surface area contributed by atoms with Crippen LogP contribution in [-0.2, 0) is 6.54 Å². The fourth-order valence-corrected chi connectivity index (χ4v) is 2.51. The molecule has 0 fully saturated rings. The normalized spacial score (nSPS) is 9.88. The van der Waals surface area contributed by atoms with E-state index in [1.165, 1.54) is 5.56 Å². The van der Waals surface area contributed by atoms with Crippen molar-refractivity contribution in [3.8, 4) is 5.75 Å². The van der Waals surface area contributed by atoms with Gasteiger partial charge in [-0.1, -0.05) is 30.3 Å². The van der Waals surface area contributed by atoms with Crippen molar-refractivity contribution in [3.05, 3.63) is 90.3 Å². The molecule has 0 spiro atoms. The van der Waals surface area contributed by atoms with E-state index >= 15 is 0 Å². The molecule has 1 N–H and O–H groups in total. The van der Waals surface area contributed by atoms with Crippen LogP contribution in [0.25, 0.3) is 0 Å². The molecule has 0 bridgehead atoms. The van der Waals surface area contributed by atoms with E-state index in [4.69, 9.17) is 4.74 Å². The Morgan fingerprint density at radius 2 is 1.62 bits per heavy atom. The molecule has 26 heavy (non-hydrogen) atoms. The van der Waals surface area contributed by atoms with Crippen molar-refractivity contribution >= 4 is 11.6 Å². The van der Waals surface area contributed by atoms with Crippen LogP contribution in [0.15, 0.2) is 79.1 Å². The Kier molecular flexibility index (Phi) is 7.36. The van der Waals surface area contributed by atoms with Gasteiger partial charge < -0.3 is 27.0 Å². The van der Waals surface area contributed by atoms with Crippen molar-refractivity contribution in [2.24, 2.45) is 0 Å². The van der Waals surface area contributed by atoms with Crippen LogP contribution in [0, 0.1) is 0 Å². The maximum Gasteiger partial charge on any atom is 0.255 e. The maximum atomic E-state index is 12.3. The molecule has 0 saturated carbocycles. The van der Waals surface area contributed by atoms with Crippen molar-refractivity contribution in [2.75, 3.05) is 11.9 Å². The molecule has 0 unspecified atom stereocenters. The van der Waals surface area contributed by atoms with Crippen LogP contribution < -0.4 is 31.6 Å². The highest BCUT2D eigenvalue weighted by Crippen LogP contribution is 2.13. The van der Waals surface area contributed by atoms with Gasteiger partial charge in [0.15, 0.2) is 18.9 Å². The van der Waals surface area contributed by atoms with E-state index in [0.29, 0.717) is 12.2 Å². The van der Waals surface area contributed by atoms with E-state index in [1.807, 2.05) is 49.6 Å². The fraction of sp³-hybridized carbons (Fsp3) is 0.143. The fourth-order valence-electron chi connectivity index (χ4n) is 2.51. The number of benzene rings is 2. The number of carbonyl (C=O) groups is 1. The van der Waals surface area contributed by atoms with Crippen molar-refractivity contribution in [1.82, 2.24) is 0 Å². The van der Waals surface area contributed by atoms with Gasteiger partial charge in [0.2, 0.25) is 0 Å². The van der Waals surface area contributed by atoms with Gasteiger partial charge in [-0.2, -0.15) is 0 Å². The highest BCUT2D eigenvalue weighted by molar-refractivity contribution is 6.04. The molecule has 1 aromatic heterocycles. The lowest BCUT2D eigenvalue weighted by atomic mass is 10.2. The zero-order valence-corrected chi connectivity index (χ0v) is 16.1. The summed E-state index contributed by atoms with van der Waals surface area (Å²) in [5.74, 6) is 0.629. The molecule has 3 rings (SSSR count). The molecule has 134 valence electrons. The van der Waals surface area contributed by atoms with Gasteiger partial charge in [-0.3, -0.25) is 4.79 Å². The first-order valence-electron chi connectivity index (χ1n) is 8.32. The average molecular weight is 413 g/mol. The van der Waals surface area contributed by atoms with Gasteiger partial charge >= 0.3 is 0 Å². The first-order valence-corrected chi connectivity index (χ1v) is 8.32. The first-order chi connectivity index (χ1) is 12.2. The zero-order chi connectivity index (χ0) is 17.5. The van der Waals surface area contributed by atoms with Crippen molar-refractivity contribution < 1.29 is 31.1 Å². The predicted octanol–water partition coefficient (Wildman–Crippen LogP) is 0.677. The number of amides is 1. The van der Waals surface area contributed by atoms with Gasteiger partial charge in [0, 0.05) is 23.3 Å². The third-order valence-electron chi connectivity index (χ3n) is 3.78. The quantitative estimate of drug-likeness (QED) is 0.604. The number of halogens is 1. The van der Waals surface area contributed by atoms with Crippen LogP contribution in [-0.4, -0.2) is 12.5 Å². The first kappa shape index (κ1) is 19.7. The Hall–Kier alpha value is -2.66. The van der Waals surface area contributed by atoms with Crippen LogP contribution in [0.4, 0.5) is 5.69 Å². The van der Waals surface area contributed by atoms with E-state index in [-0.39, 0.29) is 22.9 Å². The van der Waals surface area contributed by atoms with E-state index in [1.54, 1.807) is 24.3 Å². The number of hydrogen-bond acceptors (Lipinski definition) is 2. The minimum absolute atomic E-state index is 0. The second-order valence-corrected chi connectivity index (χ2v) is 5.66. The SMILES string of the molecule is CCOc1ccc(C(=O)Nc2cc[n+](Cc3ccccc3)cc2)cc1.[Br-]. The summed E-state index contributed by atoms with van der Waals surface area (Å²) in [6, 6.07) is 21.2. The van der Waals surface area contributed by atoms with Crippen LogP contribution in [0.5, 0.6) is 5.75 Å². The minimum atomic E-state index is -0.135. The van der Waals surface area contributed by atoms with Crippen LogP contribution in [0.2, 0.25) is 0 Å². The third kappa shape index (κ3) is 5.43. The summed E-state index contributed by atoms with van der Waals surface area (Å²) in [7, 11) is 0. The highest BCUT2D eigenvalue weighted by atomic mass is 79.9. The topological polar surface area (TPSA) is 42.2 Å². The summed E-state index contributed by atoms with van der Waals surface area (Å²) in [5, 5.41) is 2.91. The Bertz CT molecular complexity index is 819. The standard InChI is InChI=1S/C21H20N2O2.BrH/c1-2-25-20-10-8-18(9-11-20)21(24)22-19-12-14-23(15-13-19)16-17-6-4-3-5-7-17;/h3-15H,2,16H2,1H3;1H. The number of aromatic nitrogens is 1. The van der Waals surface area contributed by atoms with Gasteiger partial charge in [0.1, 0.15) is 5.75 Å². The molecule has 1 heterocycles. The zero-order valence-electron chi connectivity index (χ0n) is 14.6. The number of anilines is 1. The largest absolute Gasteiger partial charge is 1.00 e. The monoisotopic (exact) mass is 412 g/mol. The summed E-state index contributed by atoms with van der Waals surface area (Å²) in [4.78, 5) is 12.3. The molecule has 1 amide bonds. The minimum Gasteiger partial charge on any atom is -1.00 e. The second kappa shape index (κ2) is 9.73. The third-order valence-corrected chi connectivity index (χ3v) is 3.78. The summed E-state index contributed by atoms with van der Waals surface area (Å²) < 4.78 is 7.46. The molecule has 4 nitrogen and oxygen atoms in total. The van der Waals surface area contributed by atoms with Crippen LogP contribution in [0.1, 0.15) is 22.8 Å². The summed E-state index contributed by atoms with van der Waals surface area (Å²) in [6.07, 6.45) is 3.92. The average Bonchev–Trinajstić information content (AvgIpc) is 2.65. The van der Waals surface area contributed by atoms with Gasteiger partial charge in [0.25, 0.3) is 5.91 Å². The number of hydrogen-bond donors (Lipinski definition) is 1. The van der Waals surface area contributed by atoms with Crippen molar-refractivity contribution in [3.63, 3.8) is 0 Å². The maximum absolute atomic E-state index is 12.3. The lowest BCUT2D eigenvalue weighted by Gasteiger charge is -2.06. The number of nitrogens with one attached hydrogen (secondary N) is 1. The molecule has 0 aliphatic carbocycles. The van der Waals surface area contributed by atoms with Gasteiger partial charge in [-0.25, -0.2) is 4.57 Å². The lowest BCUT2D eigenvalue weighted by Crippen LogP contribution is -3.00. The van der Waals surface area contributed by atoms with Crippen LogP contribution >= 0.6 is 0 Å². The van der Waals surface area contributed by atoms with Gasteiger partial charge in [-0.15, -0.1) is 0 Å². The Morgan fingerprint density at radius 1 is 0.962 bits per heavy atom. The summed E-state index contributed by atoms with van der Waals surface area (Å²) >= 11 is 0. The molecular formula is C21H21BrN2O2. The summed E-state index contributed by atoms with van der Waals surface area (Å²) in [6.45, 7) is 3.34. The Balaban J connectivity index is 0.00000243. The molecule has 3 aromatic rings. The molecule has 0 saturated heterocycles. The van der Waals surface area contributed by atoms with E-state index in [0.717, 1.165) is 18.0 Å².